The van der Waals surface area contributed by atoms with Gasteiger partial charge in [-0.25, -0.2) is 0 Å². The molecule has 0 amide bonds. The summed E-state index contributed by atoms with van der Waals surface area (Å²) in [5.41, 5.74) is 0.676. The van der Waals surface area contributed by atoms with Gasteiger partial charge in [-0.2, -0.15) is 0 Å². The predicted molar refractivity (Wildman–Crippen MR) is 72.5 cm³/mol. The van der Waals surface area contributed by atoms with Crippen molar-refractivity contribution < 1.29 is 5.11 Å². The molecule has 1 unspecified atom stereocenters. The highest BCUT2D eigenvalue weighted by molar-refractivity contribution is 9.10. The molecule has 0 spiro atoms. The van der Waals surface area contributed by atoms with Crippen LogP contribution in [0.1, 0.15) is 16.5 Å². The minimum absolute atomic E-state index is 0.527. The molecule has 0 saturated heterocycles. The van der Waals surface area contributed by atoms with Crippen LogP contribution in [0.5, 0.6) is 0 Å². The molecule has 0 aliphatic heterocycles. The number of benzene rings is 1. The Labute approximate surface area is 116 Å². The van der Waals surface area contributed by atoms with Crippen LogP contribution in [0.15, 0.2) is 34.8 Å². The van der Waals surface area contributed by atoms with Crippen molar-refractivity contribution in [1.82, 2.24) is 0 Å². The molecule has 84 valence electrons. The van der Waals surface area contributed by atoms with Gasteiger partial charge in [-0.3, -0.25) is 0 Å². The standard InChI is InChI=1S/C11H7BrCl2OS/c12-7-3-1-2-6(10(7)14)11(15)8-4-5-9(13)16-8/h1-5,11,15H. The number of hydrogen-bond acceptors (Lipinski definition) is 2. The van der Waals surface area contributed by atoms with E-state index in [4.69, 9.17) is 23.2 Å². The molecule has 1 aromatic heterocycles. The van der Waals surface area contributed by atoms with Crippen LogP contribution in [0.4, 0.5) is 0 Å². The van der Waals surface area contributed by atoms with Gasteiger partial charge in [0.25, 0.3) is 0 Å². The number of aliphatic hydroxyl groups excluding tert-OH is 1. The lowest BCUT2D eigenvalue weighted by atomic mass is 10.1. The maximum absolute atomic E-state index is 10.2. The first-order valence-corrected chi connectivity index (χ1v) is 6.83. The van der Waals surface area contributed by atoms with Crippen molar-refractivity contribution in [1.29, 1.82) is 0 Å². The Morgan fingerprint density at radius 1 is 1.19 bits per heavy atom. The third-order valence-corrected chi connectivity index (χ3v) is 4.73. The zero-order valence-corrected chi connectivity index (χ0v) is 11.9. The molecule has 0 fully saturated rings. The molecule has 1 nitrogen and oxygen atoms in total. The molecule has 0 aliphatic carbocycles. The number of halogens is 3. The van der Waals surface area contributed by atoms with Crippen LogP contribution in [0.25, 0.3) is 0 Å². The molecule has 0 radical (unpaired) electrons. The maximum Gasteiger partial charge on any atom is 0.115 e. The second-order valence-electron chi connectivity index (χ2n) is 3.19. The van der Waals surface area contributed by atoms with Gasteiger partial charge in [-0.1, -0.05) is 35.3 Å². The fourth-order valence-corrected chi connectivity index (χ4v) is 3.04. The Balaban J connectivity index is 2.41. The molecule has 1 N–H and O–H groups in total. The van der Waals surface area contributed by atoms with Gasteiger partial charge in [-0.05, 0) is 34.1 Å². The summed E-state index contributed by atoms with van der Waals surface area (Å²) in [6, 6.07) is 9.03. The highest BCUT2D eigenvalue weighted by Crippen LogP contribution is 2.36. The SMILES string of the molecule is OC(c1ccc(Cl)s1)c1cccc(Br)c1Cl. The first-order valence-electron chi connectivity index (χ1n) is 4.47. The van der Waals surface area contributed by atoms with E-state index in [0.717, 1.165) is 9.35 Å². The fourth-order valence-electron chi connectivity index (χ4n) is 1.36. The molecule has 0 bridgehead atoms. The minimum atomic E-state index is -0.734. The van der Waals surface area contributed by atoms with E-state index in [1.54, 1.807) is 18.2 Å². The summed E-state index contributed by atoms with van der Waals surface area (Å²) in [6.07, 6.45) is -0.734. The molecule has 16 heavy (non-hydrogen) atoms. The Kier molecular flexibility index (Phi) is 3.93. The first-order chi connectivity index (χ1) is 7.59. The summed E-state index contributed by atoms with van der Waals surface area (Å²) in [6.45, 7) is 0. The quantitative estimate of drug-likeness (QED) is 0.826. The van der Waals surface area contributed by atoms with E-state index in [0.29, 0.717) is 14.9 Å². The van der Waals surface area contributed by atoms with Crippen LogP contribution < -0.4 is 0 Å². The van der Waals surface area contributed by atoms with Gasteiger partial charge in [0, 0.05) is 14.9 Å². The van der Waals surface area contributed by atoms with Crippen LogP contribution in [-0.4, -0.2) is 5.11 Å². The third kappa shape index (κ3) is 2.44. The summed E-state index contributed by atoms with van der Waals surface area (Å²) in [4.78, 5) is 0.782. The van der Waals surface area contributed by atoms with Gasteiger partial charge >= 0.3 is 0 Å². The summed E-state index contributed by atoms with van der Waals surface area (Å²) in [5.74, 6) is 0. The summed E-state index contributed by atoms with van der Waals surface area (Å²) in [7, 11) is 0. The normalized spacial score (nSPS) is 12.8. The molecule has 2 aromatic rings. The number of hydrogen-bond donors (Lipinski definition) is 1. The molecule has 0 aliphatic rings. The predicted octanol–water partition coefficient (Wildman–Crippen LogP) is 4.90. The molecule has 1 aromatic carbocycles. The van der Waals surface area contributed by atoms with Crippen LogP contribution in [0, 0.1) is 0 Å². The molecule has 1 heterocycles. The van der Waals surface area contributed by atoms with Crippen molar-refractivity contribution >= 4 is 50.5 Å². The lowest BCUT2D eigenvalue weighted by molar-refractivity contribution is 0.224. The smallest absolute Gasteiger partial charge is 0.115 e. The van der Waals surface area contributed by atoms with Crippen molar-refractivity contribution in [3.63, 3.8) is 0 Å². The number of aliphatic hydroxyl groups is 1. The van der Waals surface area contributed by atoms with E-state index in [-0.39, 0.29) is 0 Å². The average Bonchev–Trinajstić information content (AvgIpc) is 2.68. The lowest BCUT2D eigenvalue weighted by Gasteiger charge is -2.11. The van der Waals surface area contributed by atoms with Crippen LogP contribution in [0.2, 0.25) is 9.36 Å². The zero-order chi connectivity index (χ0) is 11.7. The van der Waals surface area contributed by atoms with Crippen molar-refractivity contribution in [3.05, 3.63) is 54.6 Å². The number of thiophene rings is 1. The molecule has 1 atom stereocenters. The second kappa shape index (κ2) is 5.07. The molecule has 0 saturated carbocycles. The van der Waals surface area contributed by atoms with Gasteiger partial charge in [0.05, 0.1) is 9.36 Å². The maximum atomic E-state index is 10.2. The van der Waals surface area contributed by atoms with Crippen molar-refractivity contribution in [2.45, 2.75) is 6.10 Å². The van der Waals surface area contributed by atoms with Gasteiger partial charge in [0.1, 0.15) is 6.10 Å². The Bertz CT molecular complexity index is 512. The highest BCUT2D eigenvalue weighted by atomic mass is 79.9. The van der Waals surface area contributed by atoms with Gasteiger partial charge in [0.15, 0.2) is 0 Å². The summed E-state index contributed by atoms with van der Waals surface area (Å²) < 4.78 is 1.42. The largest absolute Gasteiger partial charge is 0.383 e. The Morgan fingerprint density at radius 3 is 2.56 bits per heavy atom. The van der Waals surface area contributed by atoms with E-state index in [1.807, 2.05) is 12.1 Å². The molecule has 2 rings (SSSR count). The lowest BCUT2D eigenvalue weighted by Crippen LogP contribution is -1.98. The average molecular weight is 338 g/mol. The molecular formula is C11H7BrCl2OS. The van der Waals surface area contributed by atoms with Gasteiger partial charge in [-0.15, -0.1) is 11.3 Å². The number of rotatable bonds is 2. The van der Waals surface area contributed by atoms with Crippen LogP contribution in [-0.2, 0) is 0 Å². The van der Waals surface area contributed by atoms with Gasteiger partial charge < -0.3 is 5.11 Å². The third-order valence-electron chi connectivity index (χ3n) is 2.14. The van der Waals surface area contributed by atoms with E-state index < -0.39 is 6.10 Å². The van der Waals surface area contributed by atoms with Crippen molar-refractivity contribution in [3.8, 4) is 0 Å². The summed E-state index contributed by atoms with van der Waals surface area (Å²) in [5, 5.41) is 10.7. The molecular weight excluding hydrogens is 331 g/mol. The van der Waals surface area contributed by atoms with E-state index in [9.17, 15) is 5.11 Å². The monoisotopic (exact) mass is 336 g/mol. The van der Waals surface area contributed by atoms with E-state index in [1.165, 1.54) is 11.3 Å². The van der Waals surface area contributed by atoms with Gasteiger partial charge in [0.2, 0.25) is 0 Å². The fraction of sp³-hybridized carbons (Fsp3) is 0.0909. The Morgan fingerprint density at radius 2 is 1.94 bits per heavy atom. The highest BCUT2D eigenvalue weighted by Gasteiger charge is 2.16. The minimum Gasteiger partial charge on any atom is -0.383 e. The van der Waals surface area contributed by atoms with E-state index >= 15 is 0 Å². The zero-order valence-electron chi connectivity index (χ0n) is 7.95. The Hall–Kier alpha value is -0.0600. The topological polar surface area (TPSA) is 20.2 Å². The van der Waals surface area contributed by atoms with Crippen molar-refractivity contribution in [2.24, 2.45) is 0 Å². The van der Waals surface area contributed by atoms with Crippen LogP contribution >= 0.6 is 50.5 Å². The van der Waals surface area contributed by atoms with Crippen LogP contribution in [0.3, 0.4) is 0 Å². The second-order valence-corrected chi connectivity index (χ2v) is 6.17. The first kappa shape index (κ1) is 12.4. The van der Waals surface area contributed by atoms with Crippen molar-refractivity contribution in [2.75, 3.05) is 0 Å². The molecule has 5 heteroatoms. The van der Waals surface area contributed by atoms with E-state index in [2.05, 4.69) is 15.9 Å². The summed E-state index contributed by atoms with van der Waals surface area (Å²) >= 11 is 16.6.